The fourth-order valence-electron chi connectivity index (χ4n) is 1.55. The Balaban J connectivity index is 1.87. The van der Waals surface area contributed by atoms with Gasteiger partial charge in [-0.15, -0.1) is 5.10 Å². The van der Waals surface area contributed by atoms with E-state index >= 15 is 0 Å². The molecule has 0 heterocycles. The van der Waals surface area contributed by atoms with Crippen LogP contribution in [0.5, 0.6) is 0 Å². The molecule has 0 unspecified atom stereocenters. The lowest BCUT2D eigenvalue weighted by atomic mass is 10.2. The van der Waals surface area contributed by atoms with Crippen LogP contribution in [0, 0.1) is 11.3 Å². The quantitative estimate of drug-likeness (QED) is 0.513. The molecule has 0 atom stereocenters. The highest BCUT2D eigenvalue weighted by Gasteiger charge is 1.91. The van der Waals surface area contributed by atoms with Crippen molar-refractivity contribution in [3.05, 3.63) is 70.2 Å². The van der Waals surface area contributed by atoms with Gasteiger partial charge in [-0.1, -0.05) is 35.9 Å². The third kappa shape index (κ3) is 5.61. The maximum absolute atomic E-state index is 8.71. The maximum atomic E-state index is 8.71. The Morgan fingerprint density at radius 3 is 2.30 bits per heavy atom. The average Bonchev–Trinajstić information content (AvgIpc) is 2.57. The van der Waals surface area contributed by atoms with Crippen molar-refractivity contribution in [3.8, 4) is 6.07 Å². The SMILES string of the molecule is N#Cc1ccc(/C=N/N/C(N)=N\N=C\c2ccc(Cl)cc2)cc1. The Bertz CT molecular complexity index is 770. The third-order valence-corrected chi connectivity index (χ3v) is 2.93. The average molecular weight is 325 g/mol. The van der Waals surface area contributed by atoms with Crippen LogP contribution >= 0.6 is 11.6 Å². The molecular formula is C16H13ClN6. The van der Waals surface area contributed by atoms with Crippen LogP contribution in [-0.2, 0) is 0 Å². The van der Waals surface area contributed by atoms with Crippen LogP contribution in [0.1, 0.15) is 16.7 Å². The van der Waals surface area contributed by atoms with Gasteiger partial charge in [0, 0.05) is 5.02 Å². The summed E-state index contributed by atoms with van der Waals surface area (Å²) in [5.41, 5.74) is 10.4. The van der Waals surface area contributed by atoms with Gasteiger partial charge in [0.2, 0.25) is 5.96 Å². The van der Waals surface area contributed by atoms with Crippen LogP contribution in [-0.4, -0.2) is 18.4 Å². The predicted molar refractivity (Wildman–Crippen MR) is 92.6 cm³/mol. The summed E-state index contributed by atoms with van der Waals surface area (Å²) in [4.78, 5) is 0. The lowest BCUT2D eigenvalue weighted by Crippen LogP contribution is -2.26. The minimum Gasteiger partial charge on any atom is -0.367 e. The first-order valence-electron chi connectivity index (χ1n) is 6.58. The molecule has 7 heteroatoms. The molecule has 0 radical (unpaired) electrons. The number of rotatable bonds is 4. The minimum atomic E-state index is 0.0557. The molecular weight excluding hydrogens is 312 g/mol. The van der Waals surface area contributed by atoms with Gasteiger partial charge in [0.15, 0.2) is 0 Å². The molecule has 6 nitrogen and oxygen atoms in total. The summed E-state index contributed by atoms with van der Waals surface area (Å²) in [6, 6.07) is 16.1. The summed E-state index contributed by atoms with van der Waals surface area (Å²) in [5, 5.41) is 20.9. The Labute approximate surface area is 138 Å². The van der Waals surface area contributed by atoms with Gasteiger partial charge in [0.25, 0.3) is 0 Å². The van der Waals surface area contributed by atoms with Crippen molar-refractivity contribution >= 4 is 30.0 Å². The molecule has 0 amide bonds. The van der Waals surface area contributed by atoms with Crippen molar-refractivity contribution in [3.63, 3.8) is 0 Å². The highest BCUT2D eigenvalue weighted by atomic mass is 35.5. The number of nitrogens with zero attached hydrogens (tertiary/aromatic N) is 4. The van der Waals surface area contributed by atoms with E-state index in [1.807, 2.05) is 18.2 Å². The summed E-state index contributed by atoms with van der Waals surface area (Å²) in [6.07, 6.45) is 3.11. The van der Waals surface area contributed by atoms with Gasteiger partial charge < -0.3 is 5.73 Å². The van der Waals surface area contributed by atoms with Crippen molar-refractivity contribution in [2.24, 2.45) is 21.0 Å². The van der Waals surface area contributed by atoms with E-state index in [9.17, 15) is 0 Å². The standard InChI is InChI=1S/C16H13ClN6/c17-15-7-5-14(6-8-15)11-21-23-16(19)22-20-10-13-3-1-12(9-18)2-4-13/h1-8,10-11H,(H3,19,22,23)/b20-10+,21-11+. The lowest BCUT2D eigenvalue weighted by molar-refractivity contribution is 0.994. The summed E-state index contributed by atoms with van der Waals surface area (Å²) in [5.74, 6) is 0.0557. The zero-order chi connectivity index (χ0) is 16.5. The largest absolute Gasteiger partial charge is 0.367 e. The van der Waals surface area contributed by atoms with Crippen molar-refractivity contribution < 1.29 is 0 Å². The first-order chi connectivity index (χ1) is 11.2. The molecule has 3 N–H and O–H groups in total. The van der Waals surface area contributed by atoms with Crippen LogP contribution < -0.4 is 11.2 Å². The number of nitrogens with one attached hydrogen (secondary N) is 1. The van der Waals surface area contributed by atoms with Gasteiger partial charge in [-0.05, 0) is 35.4 Å². The molecule has 2 aromatic carbocycles. The summed E-state index contributed by atoms with van der Waals surface area (Å²) in [6.45, 7) is 0. The van der Waals surface area contributed by atoms with E-state index in [0.717, 1.165) is 11.1 Å². The second kappa shape index (κ2) is 8.32. The molecule has 0 spiro atoms. The zero-order valence-corrected chi connectivity index (χ0v) is 12.8. The number of halogens is 1. The lowest BCUT2D eigenvalue weighted by Gasteiger charge is -1.96. The van der Waals surface area contributed by atoms with E-state index in [2.05, 4.69) is 20.7 Å². The van der Waals surface area contributed by atoms with E-state index in [1.54, 1.807) is 48.8 Å². The fraction of sp³-hybridized carbons (Fsp3) is 0. The first-order valence-corrected chi connectivity index (χ1v) is 6.96. The molecule has 114 valence electrons. The second-order valence-corrected chi connectivity index (χ2v) is 4.82. The summed E-state index contributed by atoms with van der Waals surface area (Å²) < 4.78 is 0. The van der Waals surface area contributed by atoms with E-state index in [0.29, 0.717) is 10.6 Å². The number of nitriles is 1. The van der Waals surface area contributed by atoms with Gasteiger partial charge in [-0.25, -0.2) is 5.43 Å². The molecule has 0 aliphatic rings. The number of nitrogens with two attached hydrogens (primary N) is 1. The highest BCUT2D eigenvalue weighted by Crippen LogP contribution is 2.07. The number of benzene rings is 2. The molecule has 23 heavy (non-hydrogen) atoms. The Morgan fingerprint density at radius 1 is 1.04 bits per heavy atom. The molecule has 0 aliphatic carbocycles. The van der Waals surface area contributed by atoms with Gasteiger partial charge >= 0.3 is 0 Å². The fourth-order valence-corrected chi connectivity index (χ4v) is 1.67. The van der Waals surface area contributed by atoms with E-state index in [-0.39, 0.29) is 5.96 Å². The van der Waals surface area contributed by atoms with Crippen molar-refractivity contribution in [1.29, 1.82) is 5.26 Å². The number of hydrazone groups is 1. The first kappa shape index (κ1) is 16.2. The molecule has 0 saturated carbocycles. The minimum absolute atomic E-state index is 0.0557. The van der Waals surface area contributed by atoms with Gasteiger partial charge in [-0.2, -0.15) is 15.5 Å². The normalized spacial score (nSPS) is 11.7. The molecule has 0 aliphatic heterocycles. The molecule has 0 aromatic heterocycles. The van der Waals surface area contributed by atoms with Crippen molar-refractivity contribution in [2.45, 2.75) is 0 Å². The van der Waals surface area contributed by atoms with E-state index < -0.39 is 0 Å². The van der Waals surface area contributed by atoms with Crippen LogP contribution in [0.4, 0.5) is 0 Å². The van der Waals surface area contributed by atoms with E-state index in [1.165, 1.54) is 0 Å². The topological polar surface area (TPSA) is 98.9 Å². The Kier molecular flexibility index (Phi) is 5.86. The van der Waals surface area contributed by atoms with Gasteiger partial charge in [-0.3, -0.25) is 0 Å². The predicted octanol–water partition coefficient (Wildman–Crippen LogP) is 2.48. The van der Waals surface area contributed by atoms with E-state index in [4.69, 9.17) is 22.6 Å². The molecule has 2 rings (SSSR count). The van der Waals surface area contributed by atoms with Gasteiger partial charge in [0.1, 0.15) is 0 Å². The smallest absolute Gasteiger partial charge is 0.234 e. The van der Waals surface area contributed by atoms with Crippen LogP contribution in [0.2, 0.25) is 5.02 Å². The summed E-state index contributed by atoms with van der Waals surface area (Å²) in [7, 11) is 0. The Hall–Kier alpha value is -3.17. The van der Waals surface area contributed by atoms with Gasteiger partial charge in [0.05, 0.1) is 24.1 Å². The zero-order valence-electron chi connectivity index (χ0n) is 12.0. The Morgan fingerprint density at radius 2 is 1.65 bits per heavy atom. The number of hydrogen-bond donors (Lipinski definition) is 2. The number of hydrogen-bond acceptors (Lipinski definition) is 4. The number of guanidine groups is 1. The maximum Gasteiger partial charge on any atom is 0.234 e. The molecule has 0 bridgehead atoms. The third-order valence-electron chi connectivity index (χ3n) is 2.67. The van der Waals surface area contributed by atoms with Crippen LogP contribution in [0.15, 0.2) is 63.8 Å². The highest BCUT2D eigenvalue weighted by molar-refractivity contribution is 6.30. The molecule has 2 aromatic rings. The van der Waals surface area contributed by atoms with Crippen LogP contribution in [0.3, 0.4) is 0 Å². The van der Waals surface area contributed by atoms with Crippen LogP contribution in [0.25, 0.3) is 0 Å². The monoisotopic (exact) mass is 324 g/mol. The van der Waals surface area contributed by atoms with Crippen molar-refractivity contribution in [2.75, 3.05) is 0 Å². The van der Waals surface area contributed by atoms with Crippen molar-refractivity contribution in [1.82, 2.24) is 5.43 Å². The summed E-state index contributed by atoms with van der Waals surface area (Å²) >= 11 is 5.79. The molecule has 0 saturated heterocycles. The second-order valence-electron chi connectivity index (χ2n) is 4.39. The molecule has 0 fully saturated rings.